The van der Waals surface area contributed by atoms with Gasteiger partial charge in [-0.15, -0.1) is 0 Å². The summed E-state index contributed by atoms with van der Waals surface area (Å²) in [7, 11) is 0. The van der Waals surface area contributed by atoms with Crippen LogP contribution in [0.5, 0.6) is 11.5 Å². The van der Waals surface area contributed by atoms with E-state index in [9.17, 15) is 4.79 Å². The number of fused-ring (bicyclic) bond motifs is 1. The Labute approximate surface area is 175 Å². The molecule has 0 saturated carbocycles. The number of nitrogens with zero attached hydrogens (tertiary/aromatic N) is 1. The van der Waals surface area contributed by atoms with Gasteiger partial charge in [0.15, 0.2) is 0 Å². The number of nitrogens with one attached hydrogen (secondary N) is 1. The van der Waals surface area contributed by atoms with Crippen LogP contribution in [0.4, 0.5) is 0 Å². The number of amides is 1. The smallest absolute Gasteiger partial charge is 0.255 e. The molecule has 1 N–H and O–H groups in total. The molecule has 0 radical (unpaired) electrons. The van der Waals surface area contributed by atoms with Crippen molar-refractivity contribution in [3.63, 3.8) is 0 Å². The van der Waals surface area contributed by atoms with E-state index >= 15 is 0 Å². The van der Waals surface area contributed by atoms with Gasteiger partial charge < -0.3 is 14.8 Å². The number of para-hydroxylation sites is 3. The Bertz CT molecular complexity index is 1130. The van der Waals surface area contributed by atoms with Gasteiger partial charge in [0.05, 0.1) is 11.1 Å². The number of hydrogen-bond donors (Lipinski definition) is 1. The van der Waals surface area contributed by atoms with Crippen molar-refractivity contribution in [1.29, 1.82) is 0 Å². The second kappa shape index (κ2) is 9.56. The molecule has 0 bridgehead atoms. The van der Waals surface area contributed by atoms with Crippen LogP contribution in [0.25, 0.3) is 10.9 Å². The highest BCUT2D eigenvalue weighted by atomic mass is 16.5. The van der Waals surface area contributed by atoms with Crippen LogP contribution in [0.2, 0.25) is 0 Å². The molecule has 30 heavy (non-hydrogen) atoms. The first-order valence-corrected chi connectivity index (χ1v) is 9.81. The summed E-state index contributed by atoms with van der Waals surface area (Å²) in [5, 5.41) is 3.99. The van der Waals surface area contributed by atoms with Crippen molar-refractivity contribution in [2.75, 3.05) is 13.2 Å². The summed E-state index contributed by atoms with van der Waals surface area (Å²) in [6.07, 6.45) is 1.78. The Morgan fingerprint density at radius 3 is 2.47 bits per heavy atom. The van der Waals surface area contributed by atoms with Crippen molar-refractivity contribution in [3.8, 4) is 11.5 Å². The van der Waals surface area contributed by atoms with Crippen LogP contribution in [0.15, 0.2) is 91.1 Å². The minimum absolute atomic E-state index is 0.192. The van der Waals surface area contributed by atoms with Gasteiger partial charge in [0.2, 0.25) is 0 Å². The second-order valence-corrected chi connectivity index (χ2v) is 6.73. The van der Waals surface area contributed by atoms with Crippen LogP contribution in [-0.2, 0) is 6.54 Å². The zero-order valence-electron chi connectivity index (χ0n) is 16.5. The number of aromatic nitrogens is 1. The van der Waals surface area contributed by atoms with Gasteiger partial charge in [0.1, 0.15) is 24.7 Å². The summed E-state index contributed by atoms with van der Waals surface area (Å²) in [5.41, 5.74) is 2.37. The quantitative estimate of drug-likeness (QED) is 0.440. The molecular formula is C25H22N2O3. The summed E-state index contributed by atoms with van der Waals surface area (Å²) in [6.45, 7) is 1.12. The summed E-state index contributed by atoms with van der Waals surface area (Å²) in [4.78, 5) is 17.1. The Morgan fingerprint density at radius 1 is 0.833 bits per heavy atom. The lowest BCUT2D eigenvalue weighted by Crippen LogP contribution is -2.24. The minimum Gasteiger partial charge on any atom is -0.490 e. The SMILES string of the molecule is O=C(NCc1cnc2ccccc2c1)c1ccccc1OCCOc1ccccc1. The van der Waals surface area contributed by atoms with Gasteiger partial charge in [-0.1, -0.05) is 48.5 Å². The molecule has 0 saturated heterocycles. The molecule has 0 unspecified atom stereocenters. The number of ether oxygens (including phenoxy) is 2. The fourth-order valence-electron chi connectivity index (χ4n) is 3.10. The van der Waals surface area contributed by atoms with Crippen molar-refractivity contribution < 1.29 is 14.3 Å². The van der Waals surface area contributed by atoms with Gasteiger partial charge in [-0.2, -0.15) is 0 Å². The number of hydrogen-bond acceptors (Lipinski definition) is 4. The summed E-state index contributed by atoms with van der Waals surface area (Å²) in [6, 6.07) is 26.7. The summed E-state index contributed by atoms with van der Waals surface area (Å²) in [5.74, 6) is 1.13. The standard InChI is InChI=1S/C25H22N2O3/c28-25(27-18-19-16-20-8-4-6-12-23(20)26-17-19)22-11-5-7-13-24(22)30-15-14-29-21-9-2-1-3-10-21/h1-13,16-17H,14-15,18H2,(H,27,28). The molecule has 5 heteroatoms. The largest absolute Gasteiger partial charge is 0.490 e. The predicted octanol–water partition coefficient (Wildman–Crippen LogP) is 4.62. The maximum absolute atomic E-state index is 12.7. The van der Waals surface area contributed by atoms with Crippen LogP contribution < -0.4 is 14.8 Å². The number of pyridine rings is 1. The third-order valence-electron chi connectivity index (χ3n) is 4.58. The minimum atomic E-state index is -0.192. The molecule has 1 aromatic heterocycles. The molecule has 0 spiro atoms. The van der Waals surface area contributed by atoms with Gasteiger partial charge in [-0.05, 0) is 42.0 Å². The first kappa shape index (κ1) is 19.5. The van der Waals surface area contributed by atoms with Crippen molar-refractivity contribution in [2.24, 2.45) is 0 Å². The van der Waals surface area contributed by atoms with E-state index in [1.54, 1.807) is 18.3 Å². The number of rotatable bonds is 8. The average molecular weight is 398 g/mol. The fraction of sp³-hybridized carbons (Fsp3) is 0.120. The molecule has 0 aliphatic heterocycles. The Morgan fingerprint density at radius 2 is 1.57 bits per heavy atom. The molecule has 150 valence electrons. The highest BCUT2D eigenvalue weighted by Gasteiger charge is 2.12. The summed E-state index contributed by atoms with van der Waals surface area (Å²) >= 11 is 0. The Hall–Kier alpha value is -3.86. The third-order valence-corrected chi connectivity index (χ3v) is 4.58. The van der Waals surface area contributed by atoms with E-state index in [2.05, 4.69) is 10.3 Å². The highest BCUT2D eigenvalue weighted by Crippen LogP contribution is 2.19. The van der Waals surface area contributed by atoms with Crippen LogP contribution in [0.3, 0.4) is 0 Å². The third kappa shape index (κ3) is 4.94. The summed E-state index contributed by atoms with van der Waals surface area (Å²) < 4.78 is 11.4. The van der Waals surface area contributed by atoms with Gasteiger partial charge >= 0.3 is 0 Å². The number of benzene rings is 3. The first-order valence-electron chi connectivity index (χ1n) is 9.81. The van der Waals surface area contributed by atoms with Crippen molar-refractivity contribution in [3.05, 3.63) is 102 Å². The Balaban J connectivity index is 1.34. The topological polar surface area (TPSA) is 60.5 Å². The molecule has 4 rings (SSSR count). The number of carbonyl (C=O) groups excluding carboxylic acids is 1. The van der Waals surface area contributed by atoms with Gasteiger partial charge in [0, 0.05) is 18.1 Å². The van der Waals surface area contributed by atoms with Crippen molar-refractivity contribution in [1.82, 2.24) is 10.3 Å². The van der Waals surface area contributed by atoms with E-state index in [-0.39, 0.29) is 5.91 Å². The highest BCUT2D eigenvalue weighted by molar-refractivity contribution is 5.96. The first-order chi connectivity index (χ1) is 14.8. The van der Waals surface area contributed by atoms with E-state index in [0.717, 1.165) is 22.2 Å². The van der Waals surface area contributed by atoms with E-state index in [1.165, 1.54) is 0 Å². The molecular weight excluding hydrogens is 376 g/mol. The molecule has 1 heterocycles. The van der Waals surface area contributed by atoms with Crippen LogP contribution in [-0.4, -0.2) is 24.1 Å². The van der Waals surface area contributed by atoms with E-state index in [0.29, 0.717) is 31.1 Å². The van der Waals surface area contributed by atoms with E-state index in [1.807, 2.05) is 72.8 Å². The predicted molar refractivity (Wildman–Crippen MR) is 117 cm³/mol. The van der Waals surface area contributed by atoms with E-state index < -0.39 is 0 Å². The zero-order valence-corrected chi connectivity index (χ0v) is 16.5. The van der Waals surface area contributed by atoms with E-state index in [4.69, 9.17) is 9.47 Å². The van der Waals surface area contributed by atoms with Crippen molar-refractivity contribution >= 4 is 16.8 Å². The molecule has 5 nitrogen and oxygen atoms in total. The van der Waals surface area contributed by atoms with Crippen LogP contribution in [0.1, 0.15) is 15.9 Å². The molecule has 0 aliphatic carbocycles. The lowest BCUT2D eigenvalue weighted by Gasteiger charge is -2.12. The molecule has 4 aromatic rings. The Kier molecular flexibility index (Phi) is 6.20. The van der Waals surface area contributed by atoms with Crippen LogP contribution >= 0.6 is 0 Å². The fourth-order valence-corrected chi connectivity index (χ4v) is 3.10. The van der Waals surface area contributed by atoms with Gasteiger partial charge in [0.25, 0.3) is 5.91 Å². The molecule has 3 aromatic carbocycles. The molecule has 1 amide bonds. The van der Waals surface area contributed by atoms with Gasteiger partial charge in [-0.25, -0.2) is 0 Å². The zero-order chi connectivity index (χ0) is 20.6. The molecule has 0 aliphatic rings. The number of carbonyl (C=O) groups is 1. The maximum Gasteiger partial charge on any atom is 0.255 e. The normalized spacial score (nSPS) is 10.5. The molecule has 0 fully saturated rings. The van der Waals surface area contributed by atoms with Gasteiger partial charge in [-0.3, -0.25) is 9.78 Å². The van der Waals surface area contributed by atoms with Crippen molar-refractivity contribution in [2.45, 2.75) is 6.54 Å². The lowest BCUT2D eigenvalue weighted by molar-refractivity contribution is 0.0945. The lowest BCUT2D eigenvalue weighted by atomic mass is 10.1. The monoisotopic (exact) mass is 398 g/mol. The van der Waals surface area contributed by atoms with Crippen LogP contribution in [0, 0.1) is 0 Å². The average Bonchev–Trinajstić information content (AvgIpc) is 2.81. The maximum atomic E-state index is 12.7. The second-order valence-electron chi connectivity index (χ2n) is 6.73. The molecule has 0 atom stereocenters.